The maximum absolute atomic E-state index is 11.5. The van der Waals surface area contributed by atoms with Crippen LogP contribution in [0.2, 0.25) is 0 Å². The molecule has 0 radical (unpaired) electrons. The summed E-state index contributed by atoms with van der Waals surface area (Å²) in [6.07, 6.45) is 1.27. The molecule has 0 aliphatic carbocycles. The Morgan fingerprint density at radius 2 is 2.00 bits per heavy atom. The number of carboxylic acids is 1. The zero-order valence-corrected chi connectivity index (χ0v) is 10.5. The lowest BCUT2D eigenvalue weighted by molar-refractivity contribution is -0.127. The van der Waals surface area contributed by atoms with Crippen LogP contribution in [0, 0.1) is 0 Å². The molecule has 0 unspecified atom stereocenters. The maximum atomic E-state index is 11.5. The van der Waals surface area contributed by atoms with Crippen LogP contribution >= 0.6 is 0 Å². The summed E-state index contributed by atoms with van der Waals surface area (Å²) < 4.78 is 0. The van der Waals surface area contributed by atoms with E-state index in [1.807, 2.05) is 0 Å². The predicted octanol–water partition coefficient (Wildman–Crippen LogP) is -0.114. The number of carbonyl (C=O) groups is 2. The van der Waals surface area contributed by atoms with Gasteiger partial charge in [0.15, 0.2) is 0 Å². The summed E-state index contributed by atoms with van der Waals surface area (Å²) in [4.78, 5) is 29.5. The number of nitrogen functional groups attached to an aromatic ring is 1. The van der Waals surface area contributed by atoms with Crippen LogP contribution in [-0.2, 0) is 4.79 Å². The van der Waals surface area contributed by atoms with Crippen LogP contribution < -0.4 is 10.6 Å². The first-order chi connectivity index (χ1) is 8.32. The molecular formula is C11H16N4O3. The van der Waals surface area contributed by atoms with Gasteiger partial charge in [0.2, 0.25) is 5.91 Å². The monoisotopic (exact) mass is 252 g/mol. The Morgan fingerprint density at radius 3 is 2.50 bits per heavy atom. The van der Waals surface area contributed by atoms with E-state index >= 15 is 0 Å². The molecule has 1 aromatic heterocycles. The Bertz CT molecular complexity index is 473. The molecule has 1 heterocycles. The first-order valence-electron chi connectivity index (χ1n) is 5.23. The second kappa shape index (κ2) is 5.35. The first kappa shape index (κ1) is 13.8. The standard InChI is InChI=1S/C11H16N4O3/c1-14(2)10(16)6-15(3)9-4-7(11(17)18)8(12)5-13-9/h4-5H,6,12H2,1-3H3,(H,17,18). The summed E-state index contributed by atoms with van der Waals surface area (Å²) in [7, 11) is 4.95. The van der Waals surface area contributed by atoms with Gasteiger partial charge in [-0.2, -0.15) is 0 Å². The molecule has 0 aliphatic rings. The molecule has 98 valence electrons. The number of rotatable bonds is 4. The van der Waals surface area contributed by atoms with Crippen LogP contribution in [0.4, 0.5) is 11.5 Å². The number of nitrogens with zero attached hydrogens (tertiary/aromatic N) is 3. The van der Waals surface area contributed by atoms with Crippen LogP contribution in [-0.4, -0.2) is 54.6 Å². The van der Waals surface area contributed by atoms with Crippen molar-refractivity contribution in [2.24, 2.45) is 0 Å². The zero-order chi connectivity index (χ0) is 13.9. The topological polar surface area (TPSA) is 99.8 Å². The number of hydrogen-bond acceptors (Lipinski definition) is 5. The molecule has 18 heavy (non-hydrogen) atoms. The molecule has 0 fully saturated rings. The molecule has 7 nitrogen and oxygen atoms in total. The largest absolute Gasteiger partial charge is 0.478 e. The Balaban J connectivity index is 2.93. The molecule has 0 aromatic carbocycles. The number of carboxylic acid groups (broad SMARTS) is 1. The van der Waals surface area contributed by atoms with Gasteiger partial charge in [-0.05, 0) is 6.07 Å². The molecule has 0 aliphatic heterocycles. The number of carbonyl (C=O) groups excluding carboxylic acids is 1. The van der Waals surface area contributed by atoms with Crippen molar-refractivity contribution in [2.75, 3.05) is 38.3 Å². The average Bonchev–Trinajstić information content (AvgIpc) is 2.28. The van der Waals surface area contributed by atoms with Gasteiger partial charge in [0.25, 0.3) is 0 Å². The van der Waals surface area contributed by atoms with E-state index in [-0.39, 0.29) is 23.7 Å². The summed E-state index contributed by atoms with van der Waals surface area (Å²) in [5, 5.41) is 8.94. The summed E-state index contributed by atoms with van der Waals surface area (Å²) in [5.41, 5.74) is 5.57. The number of aromatic carboxylic acids is 1. The summed E-state index contributed by atoms with van der Waals surface area (Å²) >= 11 is 0. The average molecular weight is 252 g/mol. The van der Waals surface area contributed by atoms with Crippen LogP contribution in [0.1, 0.15) is 10.4 Å². The highest BCUT2D eigenvalue weighted by Crippen LogP contribution is 2.17. The van der Waals surface area contributed by atoms with Crippen LogP contribution in [0.5, 0.6) is 0 Å². The van der Waals surface area contributed by atoms with Gasteiger partial charge >= 0.3 is 5.97 Å². The Morgan fingerprint density at radius 1 is 1.39 bits per heavy atom. The molecule has 0 saturated carbocycles. The molecular weight excluding hydrogens is 236 g/mol. The second-order valence-corrected chi connectivity index (χ2v) is 4.08. The van der Waals surface area contributed by atoms with Gasteiger partial charge in [0, 0.05) is 21.1 Å². The SMILES string of the molecule is CN(C)C(=O)CN(C)c1cc(C(=O)O)c(N)cn1. The summed E-state index contributed by atoms with van der Waals surface area (Å²) in [6, 6.07) is 1.35. The smallest absolute Gasteiger partial charge is 0.337 e. The van der Waals surface area contributed by atoms with Crippen molar-refractivity contribution in [3.8, 4) is 0 Å². The van der Waals surface area contributed by atoms with Crippen molar-refractivity contribution in [2.45, 2.75) is 0 Å². The molecule has 7 heteroatoms. The minimum Gasteiger partial charge on any atom is -0.478 e. The molecule has 0 bridgehead atoms. The highest BCUT2D eigenvalue weighted by Gasteiger charge is 2.14. The third-order valence-electron chi connectivity index (χ3n) is 2.41. The van der Waals surface area contributed by atoms with Gasteiger partial charge < -0.3 is 20.6 Å². The number of nitrogens with two attached hydrogens (primary N) is 1. The van der Waals surface area contributed by atoms with Crippen LogP contribution in [0.3, 0.4) is 0 Å². The molecule has 1 rings (SSSR count). The normalized spacial score (nSPS) is 9.94. The second-order valence-electron chi connectivity index (χ2n) is 4.08. The van der Waals surface area contributed by atoms with Crippen molar-refractivity contribution < 1.29 is 14.7 Å². The van der Waals surface area contributed by atoms with Gasteiger partial charge in [0.1, 0.15) is 5.82 Å². The lowest BCUT2D eigenvalue weighted by atomic mass is 10.2. The van der Waals surface area contributed by atoms with E-state index in [0.717, 1.165) is 0 Å². The van der Waals surface area contributed by atoms with Gasteiger partial charge in [-0.25, -0.2) is 9.78 Å². The van der Waals surface area contributed by atoms with E-state index in [1.165, 1.54) is 17.2 Å². The number of anilines is 2. The molecule has 0 spiro atoms. The molecule has 0 saturated heterocycles. The van der Waals surface area contributed by atoms with Gasteiger partial charge in [-0.3, -0.25) is 4.79 Å². The molecule has 0 atom stereocenters. The fraction of sp³-hybridized carbons (Fsp3) is 0.364. The minimum atomic E-state index is -1.12. The van der Waals surface area contributed by atoms with Crippen molar-refractivity contribution in [1.82, 2.24) is 9.88 Å². The van der Waals surface area contributed by atoms with E-state index in [1.54, 1.807) is 26.0 Å². The minimum absolute atomic E-state index is 0.0239. The van der Waals surface area contributed by atoms with Crippen molar-refractivity contribution in [3.63, 3.8) is 0 Å². The highest BCUT2D eigenvalue weighted by molar-refractivity contribution is 5.94. The third kappa shape index (κ3) is 3.09. The number of amides is 1. The maximum Gasteiger partial charge on any atom is 0.337 e. The zero-order valence-electron chi connectivity index (χ0n) is 10.5. The van der Waals surface area contributed by atoms with Gasteiger partial charge in [-0.1, -0.05) is 0 Å². The summed E-state index contributed by atoms with van der Waals surface area (Å²) in [5.74, 6) is -0.840. The molecule has 3 N–H and O–H groups in total. The molecule has 1 amide bonds. The van der Waals surface area contributed by atoms with Crippen LogP contribution in [0.25, 0.3) is 0 Å². The van der Waals surface area contributed by atoms with Gasteiger partial charge in [-0.15, -0.1) is 0 Å². The van der Waals surface area contributed by atoms with Crippen molar-refractivity contribution >= 4 is 23.4 Å². The van der Waals surface area contributed by atoms with E-state index in [4.69, 9.17) is 10.8 Å². The van der Waals surface area contributed by atoms with E-state index in [9.17, 15) is 9.59 Å². The molecule has 1 aromatic rings. The van der Waals surface area contributed by atoms with E-state index in [2.05, 4.69) is 4.98 Å². The Hall–Kier alpha value is -2.31. The Labute approximate surface area is 105 Å². The lowest BCUT2D eigenvalue weighted by Crippen LogP contribution is -2.34. The fourth-order valence-electron chi connectivity index (χ4n) is 1.27. The lowest BCUT2D eigenvalue weighted by Gasteiger charge is -2.20. The fourth-order valence-corrected chi connectivity index (χ4v) is 1.27. The third-order valence-corrected chi connectivity index (χ3v) is 2.41. The predicted molar refractivity (Wildman–Crippen MR) is 67.6 cm³/mol. The number of pyridine rings is 1. The van der Waals surface area contributed by atoms with Crippen LogP contribution in [0.15, 0.2) is 12.3 Å². The summed E-state index contributed by atoms with van der Waals surface area (Å²) in [6.45, 7) is 0.114. The Kier molecular flexibility index (Phi) is 4.09. The van der Waals surface area contributed by atoms with E-state index in [0.29, 0.717) is 5.82 Å². The number of hydrogen-bond donors (Lipinski definition) is 2. The quantitative estimate of drug-likeness (QED) is 0.775. The van der Waals surface area contributed by atoms with Gasteiger partial charge in [0.05, 0.1) is 24.0 Å². The first-order valence-corrected chi connectivity index (χ1v) is 5.23. The highest BCUT2D eigenvalue weighted by atomic mass is 16.4. The van der Waals surface area contributed by atoms with E-state index < -0.39 is 5.97 Å². The number of aromatic nitrogens is 1. The van der Waals surface area contributed by atoms with Crippen molar-refractivity contribution in [1.29, 1.82) is 0 Å². The van der Waals surface area contributed by atoms with Crippen molar-refractivity contribution in [3.05, 3.63) is 17.8 Å². The number of likely N-dealkylation sites (N-methyl/N-ethyl adjacent to an activating group) is 2.